The molecule has 0 saturated heterocycles. The van der Waals surface area contributed by atoms with Gasteiger partial charge in [0, 0.05) is 44.6 Å². The normalized spacial score (nSPS) is 12.5. The standard InChI is InChI=1S/C63H46N2O/c1-63(2)58-21-11-9-18-54(58)55-41-40-53(42-59(55)63)64(49-32-24-45(25-33-49)43-14-5-3-6-15-43)50-34-26-47(27-35-50)48-30-38-52(39-31-48)65(51-36-28-46(29-37-51)44-16-7-4-8-17-44)60-22-13-20-57-56-19-10-12-23-61(56)66-62(57)60/h3-42H,1-2H3. The van der Waals surface area contributed by atoms with E-state index in [0.717, 1.165) is 67.2 Å². The van der Waals surface area contributed by atoms with Gasteiger partial charge in [-0.05, 0) is 128 Å². The van der Waals surface area contributed by atoms with Gasteiger partial charge in [0.2, 0.25) is 0 Å². The number of fused-ring (bicyclic) bond motifs is 6. The molecular formula is C63H46N2O. The third-order valence-electron chi connectivity index (χ3n) is 13.5. The first kappa shape index (κ1) is 39.2. The molecule has 314 valence electrons. The number of furan rings is 1. The molecule has 11 aromatic rings. The van der Waals surface area contributed by atoms with Crippen LogP contribution in [0.4, 0.5) is 34.1 Å². The molecule has 0 unspecified atom stereocenters. The van der Waals surface area contributed by atoms with Gasteiger partial charge in [-0.15, -0.1) is 0 Å². The van der Waals surface area contributed by atoms with Gasteiger partial charge in [0.05, 0.1) is 5.69 Å². The quantitative estimate of drug-likeness (QED) is 0.144. The maximum atomic E-state index is 6.61. The highest BCUT2D eigenvalue weighted by atomic mass is 16.3. The van der Waals surface area contributed by atoms with Crippen molar-refractivity contribution in [2.75, 3.05) is 9.80 Å². The summed E-state index contributed by atoms with van der Waals surface area (Å²) >= 11 is 0. The number of nitrogens with zero attached hydrogens (tertiary/aromatic N) is 2. The summed E-state index contributed by atoms with van der Waals surface area (Å²) in [6.45, 7) is 4.70. The highest BCUT2D eigenvalue weighted by Crippen LogP contribution is 2.51. The lowest BCUT2D eigenvalue weighted by Gasteiger charge is -2.28. The Balaban J connectivity index is 0.909. The van der Waals surface area contributed by atoms with Crippen molar-refractivity contribution in [1.29, 1.82) is 0 Å². The molecule has 0 amide bonds. The van der Waals surface area contributed by atoms with E-state index in [4.69, 9.17) is 4.42 Å². The minimum atomic E-state index is -0.111. The Bertz CT molecular complexity index is 3520. The molecule has 0 radical (unpaired) electrons. The molecular weight excluding hydrogens is 801 g/mol. The lowest BCUT2D eigenvalue weighted by molar-refractivity contribution is 0.660. The molecule has 1 heterocycles. The first-order chi connectivity index (χ1) is 32.5. The van der Waals surface area contributed by atoms with Crippen LogP contribution >= 0.6 is 0 Å². The number of anilines is 6. The Labute approximate surface area is 386 Å². The summed E-state index contributed by atoms with van der Waals surface area (Å²) in [6.07, 6.45) is 0. The van der Waals surface area contributed by atoms with Gasteiger partial charge < -0.3 is 14.2 Å². The van der Waals surface area contributed by atoms with Crippen LogP contribution in [0.1, 0.15) is 25.0 Å². The second-order valence-electron chi connectivity index (χ2n) is 17.7. The number of para-hydroxylation sites is 2. The summed E-state index contributed by atoms with van der Waals surface area (Å²) in [5, 5.41) is 2.21. The van der Waals surface area contributed by atoms with Crippen LogP contribution in [0.3, 0.4) is 0 Å². The molecule has 0 spiro atoms. The predicted molar refractivity (Wildman–Crippen MR) is 277 cm³/mol. The van der Waals surface area contributed by atoms with E-state index in [1.807, 2.05) is 12.1 Å². The lowest BCUT2D eigenvalue weighted by Crippen LogP contribution is -2.16. The molecule has 10 aromatic carbocycles. The summed E-state index contributed by atoms with van der Waals surface area (Å²) < 4.78 is 6.61. The van der Waals surface area contributed by atoms with Crippen molar-refractivity contribution < 1.29 is 4.42 Å². The Morgan fingerprint density at radius 3 is 1.30 bits per heavy atom. The van der Waals surface area contributed by atoms with Crippen molar-refractivity contribution in [2.24, 2.45) is 0 Å². The molecule has 1 aliphatic rings. The van der Waals surface area contributed by atoms with Crippen LogP contribution in [-0.4, -0.2) is 0 Å². The van der Waals surface area contributed by atoms with Crippen LogP contribution in [0, 0.1) is 0 Å². The second-order valence-corrected chi connectivity index (χ2v) is 17.7. The summed E-state index contributed by atoms with van der Waals surface area (Å²) in [5.74, 6) is 0. The second kappa shape index (κ2) is 16.0. The number of rotatable bonds is 9. The fourth-order valence-electron chi connectivity index (χ4n) is 10.1. The van der Waals surface area contributed by atoms with Gasteiger partial charge in [-0.25, -0.2) is 0 Å². The lowest BCUT2D eigenvalue weighted by atomic mass is 9.82. The zero-order valence-electron chi connectivity index (χ0n) is 36.9. The first-order valence-corrected chi connectivity index (χ1v) is 22.7. The van der Waals surface area contributed by atoms with Crippen LogP contribution in [0.2, 0.25) is 0 Å². The first-order valence-electron chi connectivity index (χ1n) is 22.7. The van der Waals surface area contributed by atoms with Gasteiger partial charge in [-0.2, -0.15) is 0 Å². The zero-order chi connectivity index (χ0) is 44.2. The summed E-state index contributed by atoms with van der Waals surface area (Å²) in [7, 11) is 0. The van der Waals surface area contributed by atoms with Gasteiger partial charge in [0.1, 0.15) is 5.58 Å². The average molecular weight is 847 g/mol. The van der Waals surface area contributed by atoms with Crippen molar-refractivity contribution in [3.8, 4) is 44.5 Å². The van der Waals surface area contributed by atoms with Gasteiger partial charge in [-0.3, -0.25) is 0 Å². The smallest absolute Gasteiger partial charge is 0.159 e. The van der Waals surface area contributed by atoms with E-state index in [1.165, 1.54) is 44.5 Å². The van der Waals surface area contributed by atoms with E-state index in [1.54, 1.807) is 0 Å². The van der Waals surface area contributed by atoms with Crippen LogP contribution < -0.4 is 9.80 Å². The SMILES string of the molecule is CC1(C)c2ccccc2-c2ccc(N(c3ccc(-c4ccccc4)cc3)c3ccc(-c4ccc(N(c5ccc(-c6ccccc6)cc5)c5cccc6c5oc5ccccc56)cc4)cc3)cc21. The Morgan fingerprint density at radius 1 is 0.318 bits per heavy atom. The molecule has 3 heteroatoms. The van der Waals surface area contributed by atoms with Crippen LogP contribution in [0.25, 0.3) is 66.4 Å². The average Bonchev–Trinajstić information content (AvgIpc) is 3.88. The van der Waals surface area contributed by atoms with E-state index >= 15 is 0 Å². The Kier molecular flexibility index (Phi) is 9.50. The zero-order valence-corrected chi connectivity index (χ0v) is 36.9. The van der Waals surface area contributed by atoms with Crippen LogP contribution in [-0.2, 0) is 5.41 Å². The Morgan fingerprint density at radius 2 is 0.742 bits per heavy atom. The van der Waals surface area contributed by atoms with Gasteiger partial charge >= 0.3 is 0 Å². The minimum Gasteiger partial charge on any atom is -0.454 e. The molecule has 0 atom stereocenters. The van der Waals surface area contributed by atoms with E-state index in [-0.39, 0.29) is 5.41 Å². The van der Waals surface area contributed by atoms with Crippen molar-refractivity contribution in [1.82, 2.24) is 0 Å². The molecule has 66 heavy (non-hydrogen) atoms. The van der Waals surface area contributed by atoms with E-state index in [2.05, 4.69) is 254 Å². The number of hydrogen-bond donors (Lipinski definition) is 0. The molecule has 0 saturated carbocycles. The highest BCUT2D eigenvalue weighted by molar-refractivity contribution is 6.10. The monoisotopic (exact) mass is 846 g/mol. The maximum absolute atomic E-state index is 6.61. The molecule has 3 nitrogen and oxygen atoms in total. The summed E-state index contributed by atoms with van der Waals surface area (Å²) in [4.78, 5) is 4.70. The molecule has 1 aromatic heterocycles. The molecule has 0 fully saturated rings. The van der Waals surface area contributed by atoms with E-state index in [0.29, 0.717) is 0 Å². The molecule has 12 rings (SSSR count). The third-order valence-corrected chi connectivity index (χ3v) is 13.5. The fourth-order valence-corrected chi connectivity index (χ4v) is 10.1. The molecule has 1 aliphatic carbocycles. The summed E-state index contributed by atoms with van der Waals surface area (Å²) in [5.41, 5.74) is 20.5. The topological polar surface area (TPSA) is 19.6 Å². The molecule has 0 N–H and O–H groups in total. The molecule has 0 aliphatic heterocycles. The number of hydrogen-bond acceptors (Lipinski definition) is 3. The van der Waals surface area contributed by atoms with Crippen molar-refractivity contribution in [3.63, 3.8) is 0 Å². The fraction of sp³-hybridized carbons (Fsp3) is 0.0476. The van der Waals surface area contributed by atoms with E-state index < -0.39 is 0 Å². The van der Waals surface area contributed by atoms with Gasteiger partial charge in [0.15, 0.2) is 5.58 Å². The maximum Gasteiger partial charge on any atom is 0.159 e. The largest absolute Gasteiger partial charge is 0.454 e. The van der Waals surface area contributed by atoms with Crippen LogP contribution in [0.5, 0.6) is 0 Å². The third kappa shape index (κ3) is 6.76. The van der Waals surface area contributed by atoms with Crippen molar-refractivity contribution in [2.45, 2.75) is 19.3 Å². The van der Waals surface area contributed by atoms with Gasteiger partial charge in [0.25, 0.3) is 0 Å². The van der Waals surface area contributed by atoms with Crippen molar-refractivity contribution in [3.05, 3.63) is 254 Å². The number of benzene rings is 10. The minimum absolute atomic E-state index is 0.111. The summed E-state index contributed by atoms with van der Waals surface area (Å²) in [6, 6.07) is 87.4. The highest BCUT2D eigenvalue weighted by Gasteiger charge is 2.35. The van der Waals surface area contributed by atoms with E-state index in [9.17, 15) is 0 Å². The molecule has 0 bridgehead atoms. The van der Waals surface area contributed by atoms with Gasteiger partial charge in [-0.1, -0.05) is 184 Å². The predicted octanol–water partition coefficient (Wildman–Crippen LogP) is 17.8. The Hall–Kier alpha value is -8.40. The van der Waals surface area contributed by atoms with Crippen molar-refractivity contribution >= 4 is 56.1 Å². The van der Waals surface area contributed by atoms with Crippen LogP contribution in [0.15, 0.2) is 247 Å².